The Balaban J connectivity index is 0.000000251. The molecule has 0 heterocycles. The quantitative estimate of drug-likeness (QED) is 0.432. The van der Waals surface area contributed by atoms with E-state index in [2.05, 4.69) is 80.0 Å². The van der Waals surface area contributed by atoms with Crippen LogP contribution in [-0.4, -0.2) is 6.29 Å². The van der Waals surface area contributed by atoms with Gasteiger partial charge in [0.15, 0.2) is 0 Å². The fourth-order valence-corrected chi connectivity index (χ4v) is 3.37. The maximum absolute atomic E-state index is 10.4. The molecule has 0 saturated carbocycles. The average molecular weight is 403 g/mol. The number of carbonyl (C=O) groups excluding carboxylic acids is 1. The molecule has 0 atom stereocenters. The summed E-state index contributed by atoms with van der Waals surface area (Å²) in [5.74, 6) is 1.37. The Bertz CT molecular complexity index is 593. The van der Waals surface area contributed by atoms with E-state index in [1.165, 1.54) is 24.0 Å². The van der Waals surface area contributed by atoms with Gasteiger partial charge in [-0.1, -0.05) is 80.0 Å². The van der Waals surface area contributed by atoms with Gasteiger partial charge in [-0.05, 0) is 60.8 Å². The zero-order valence-electron chi connectivity index (χ0n) is 16.0. The molecule has 0 aromatic heterocycles. The number of halogens is 1. The first-order valence-corrected chi connectivity index (χ1v) is 10.2. The monoisotopic (exact) mass is 402 g/mol. The van der Waals surface area contributed by atoms with E-state index in [1.54, 1.807) is 0 Å². The molecular formula is C23H31BrO. The van der Waals surface area contributed by atoms with Gasteiger partial charge in [0, 0.05) is 10.0 Å². The lowest BCUT2D eigenvalue weighted by atomic mass is 9.93. The molecule has 0 saturated heterocycles. The maximum Gasteiger partial charge on any atom is 0.150 e. The second-order valence-corrected chi connectivity index (χ2v) is 7.28. The van der Waals surface area contributed by atoms with Crippen LogP contribution in [0.15, 0.2) is 53.0 Å². The molecule has 2 heteroatoms. The lowest BCUT2D eigenvalue weighted by molar-refractivity contribution is 0.112. The standard InChI is InChI=1S/C12H16O.C11H15Br/c1-3-11(4-2)12-7-5-10(9-13)6-8-12;1-3-9(4-2)10-5-7-11(12)8-6-10/h5-9,11H,3-4H2,1-2H3;5-9H,3-4H2,1-2H3. The Kier molecular flexibility index (Phi) is 10.4. The molecule has 0 unspecified atom stereocenters. The SMILES string of the molecule is CCC(CC)c1ccc(Br)cc1.CCC(CC)c1ccc(C=O)cc1. The molecule has 0 spiro atoms. The van der Waals surface area contributed by atoms with Crippen molar-refractivity contribution in [1.29, 1.82) is 0 Å². The van der Waals surface area contributed by atoms with E-state index in [0.717, 1.165) is 35.1 Å². The van der Waals surface area contributed by atoms with Crippen LogP contribution in [0.25, 0.3) is 0 Å². The summed E-state index contributed by atoms with van der Waals surface area (Å²) < 4.78 is 1.16. The summed E-state index contributed by atoms with van der Waals surface area (Å²) in [7, 11) is 0. The predicted molar refractivity (Wildman–Crippen MR) is 113 cm³/mol. The first-order chi connectivity index (χ1) is 12.1. The lowest BCUT2D eigenvalue weighted by Crippen LogP contribution is -1.95. The van der Waals surface area contributed by atoms with Gasteiger partial charge in [-0.25, -0.2) is 0 Å². The number of rotatable bonds is 7. The van der Waals surface area contributed by atoms with Crippen LogP contribution in [0.5, 0.6) is 0 Å². The van der Waals surface area contributed by atoms with Crippen molar-refractivity contribution in [2.75, 3.05) is 0 Å². The maximum atomic E-state index is 10.4. The highest BCUT2D eigenvalue weighted by molar-refractivity contribution is 9.10. The van der Waals surface area contributed by atoms with Crippen LogP contribution in [0, 0.1) is 0 Å². The highest BCUT2D eigenvalue weighted by Crippen LogP contribution is 2.24. The van der Waals surface area contributed by atoms with Crippen molar-refractivity contribution >= 4 is 22.2 Å². The largest absolute Gasteiger partial charge is 0.298 e. The van der Waals surface area contributed by atoms with E-state index in [1.807, 2.05) is 12.1 Å². The van der Waals surface area contributed by atoms with Crippen LogP contribution < -0.4 is 0 Å². The van der Waals surface area contributed by atoms with E-state index in [9.17, 15) is 4.79 Å². The number of hydrogen-bond donors (Lipinski definition) is 0. The molecular weight excluding hydrogens is 372 g/mol. The zero-order valence-corrected chi connectivity index (χ0v) is 17.6. The molecule has 136 valence electrons. The summed E-state index contributed by atoms with van der Waals surface area (Å²) in [4.78, 5) is 10.4. The molecule has 0 aliphatic heterocycles. The second-order valence-electron chi connectivity index (χ2n) is 6.36. The van der Waals surface area contributed by atoms with Crippen LogP contribution in [0.1, 0.15) is 86.7 Å². The minimum Gasteiger partial charge on any atom is -0.298 e. The van der Waals surface area contributed by atoms with Crippen molar-refractivity contribution in [3.05, 3.63) is 69.7 Å². The van der Waals surface area contributed by atoms with Crippen molar-refractivity contribution in [1.82, 2.24) is 0 Å². The van der Waals surface area contributed by atoms with Crippen LogP contribution in [-0.2, 0) is 0 Å². The summed E-state index contributed by atoms with van der Waals surface area (Å²) in [6.45, 7) is 8.88. The molecule has 0 bridgehead atoms. The molecule has 0 N–H and O–H groups in total. The lowest BCUT2D eigenvalue weighted by Gasteiger charge is -2.12. The Morgan fingerprint density at radius 2 is 1.08 bits per heavy atom. The Morgan fingerprint density at radius 1 is 0.720 bits per heavy atom. The molecule has 0 fully saturated rings. The zero-order chi connectivity index (χ0) is 18.7. The van der Waals surface area contributed by atoms with E-state index in [4.69, 9.17) is 0 Å². The first-order valence-electron chi connectivity index (χ1n) is 9.39. The summed E-state index contributed by atoms with van der Waals surface area (Å²) in [6.07, 6.45) is 5.68. The molecule has 0 amide bonds. The molecule has 2 aromatic rings. The number of carbonyl (C=O) groups is 1. The van der Waals surface area contributed by atoms with E-state index in [-0.39, 0.29) is 0 Å². The van der Waals surface area contributed by atoms with Gasteiger partial charge in [0.05, 0.1) is 0 Å². The Hall–Kier alpha value is -1.41. The third-order valence-electron chi connectivity index (χ3n) is 4.86. The molecule has 0 radical (unpaired) electrons. The topological polar surface area (TPSA) is 17.1 Å². The molecule has 2 rings (SSSR count). The van der Waals surface area contributed by atoms with Crippen molar-refractivity contribution < 1.29 is 4.79 Å². The summed E-state index contributed by atoms with van der Waals surface area (Å²) in [6, 6.07) is 16.6. The van der Waals surface area contributed by atoms with Gasteiger partial charge in [-0.15, -0.1) is 0 Å². The van der Waals surface area contributed by atoms with Gasteiger partial charge >= 0.3 is 0 Å². The third-order valence-corrected chi connectivity index (χ3v) is 5.39. The normalized spacial score (nSPS) is 10.5. The average Bonchev–Trinajstić information content (AvgIpc) is 2.66. The smallest absolute Gasteiger partial charge is 0.150 e. The van der Waals surface area contributed by atoms with Crippen LogP contribution in [0.3, 0.4) is 0 Å². The van der Waals surface area contributed by atoms with Crippen LogP contribution in [0.2, 0.25) is 0 Å². The van der Waals surface area contributed by atoms with Crippen molar-refractivity contribution in [3.8, 4) is 0 Å². The summed E-state index contributed by atoms with van der Waals surface area (Å²) >= 11 is 3.44. The van der Waals surface area contributed by atoms with Crippen molar-refractivity contribution in [2.24, 2.45) is 0 Å². The van der Waals surface area contributed by atoms with E-state index < -0.39 is 0 Å². The minimum absolute atomic E-state index is 0.640. The summed E-state index contributed by atoms with van der Waals surface area (Å²) in [5.41, 5.74) is 3.56. The molecule has 25 heavy (non-hydrogen) atoms. The molecule has 0 aliphatic carbocycles. The molecule has 2 aromatic carbocycles. The van der Waals surface area contributed by atoms with Gasteiger partial charge in [0.1, 0.15) is 6.29 Å². The highest BCUT2D eigenvalue weighted by Gasteiger charge is 2.06. The van der Waals surface area contributed by atoms with Gasteiger partial charge in [-0.2, -0.15) is 0 Å². The summed E-state index contributed by atoms with van der Waals surface area (Å²) in [5, 5.41) is 0. The number of aldehydes is 1. The number of hydrogen-bond acceptors (Lipinski definition) is 1. The fraction of sp³-hybridized carbons (Fsp3) is 0.435. The Labute approximate surface area is 162 Å². The first kappa shape index (κ1) is 21.6. The van der Waals surface area contributed by atoms with E-state index >= 15 is 0 Å². The second kappa shape index (κ2) is 12.0. The highest BCUT2D eigenvalue weighted by atomic mass is 79.9. The van der Waals surface area contributed by atoms with Gasteiger partial charge in [0.25, 0.3) is 0 Å². The fourth-order valence-electron chi connectivity index (χ4n) is 3.10. The molecule has 0 aliphatic rings. The van der Waals surface area contributed by atoms with Gasteiger partial charge in [0.2, 0.25) is 0 Å². The minimum atomic E-state index is 0.640. The van der Waals surface area contributed by atoms with Crippen molar-refractivity contribution in [3.63, 3.8) is 0 Å². The Morgan fingerprint density at radius 3 is 1.40 bits per heavy atom. The van der Waals surface area contributed by atoms with Gasteiger partial charge in [-0.3, -0.25) is 4.79 Å². The van der Waals surface area contributed by atoms with Crippen LogP contribution in [0.4, 0.5) is 0 Å². The van der Waals surface area contributed by atoms with Crippen LogP contribution >= 0.6 is 15.9 Å². The van der Waals surface area contributed by atoms with E-state index in [0.29, 0.717) is 5.92 Å². The predicted octanol–water partition coefficient (Wildman–Crippen LogP) is 7.76. The molecule has 1 nitrogen and oxygen atoms in total. The van der Waals surface area contributed by atoms with Gasteiger partial charge < -0.3 is 0 Å². The number of benzene rings is 2. The van der Waals surface area contributed by atoms with Crippen molar-refractivity contribution in [2.45, 2.75) is 65.2 Å². The third kappa shape index (κ3) is 7.15.